The molecule has 1 saturated carbocycles. The van der Waals surface area contributed by atoms with Crippen LogP contribution in [0.1, 0.15) is 29.9 Å². The van der Waals surface area contributed by atoms with E-state index in [2.05, 4.69) is 18.2 Å². The Morgan fingerprint density at radius 2 is 1.80 bits per heavy atom. The molecule has 0 N–H and O–H groups in total. The molecule has 1 nitrogen and oxygen atoms in total. The van der Waals surface area contributed by atoms with Gasteiger partial charge in [0.05, 0.1) is 16.5 Å². The molecule has 0 amide bonds. The van der Waals surface area contributed by atoms with Crippen molar-refractivity contribution in [2.24, 2.45) is 0 Å². The van der Waals surface area contributed by atoms with Crippen molar-refractivity contribution in [3.63, 3.8) is 0 Å². The minimum Gasteiger partial charge on any atom is -0.205 e. The van der Waals surface area contributed by atoms with Gasteiger partial charge in [-0.3, -0.25) is 0 Å². The smallest absolute Gasteiger partial charge is 0.146 e. The molecule has 0 atom stereocenters. The fourth-order valence-electron chi connectivity index (χ4n) is 2.99. The first-order chi connectivity index (χ1) is 9.66. The van der Waals surface area contributed by atoms with Crippen molar-refractivity contribution in [3.8, 4) is 6.07 Å². The summed E-state index contributed by atoms with van der Waals surface area (Å²) in [5.41, 5.74) is 0.899. The molecule has 0 bridgehead atoms. The molecule has 2 aromatic rings. The second-order valence-electron chi connectivity index (χ2n) is 5.31. The molecule has 20 heavy (non-hydrogen) atoms. The molecule has 1 aliphatic rings. The Balaban J connectivity index is 1.90. The quantitative estimate of drug-likeness (QED) is 0.776. The van der Waals surface area contributed by atoms with E-state index >= 15 is 0 Å². The molecule has 0 heterocycles. The third kappa shape index (κ3) is 1.99. The van der Waals surface area contributed by atoms with Crippen LogP contribution < -0.4 is 0 Å². The Bertz CT molecular complexity index is 669. The van der Waals surface area contributed by atoms with E-state index in [0.29, 0.717) is 24.3 Å². The molecular formula is C17H13ClFN. The van der Waals surface area contributed by atoms with Crippen LogP contribution in [0.2, 0.25) is 5.02 Å². The van der Waals surface area contributed by atoms with Crippen molar-refractivity contribution >= 4 is 11.6 Å². The monoisotopic (exact) mass is 285 g/mol. The van der Waals surface area contributed by atoms with E-state index in [1.807, 2.05) is 18.2 Å². The summed E-state index contributed by atoms with van der Waals surface area (Å²) in [5, 5.41) is 9.59. The lowest BCUT2D eigenvalue weighted by atomic mass is 9.57. The van der Waals surface area contributed by atoms with Gasteiger partial charge < -0.3 is 0 Å². The molecule has 0 spiro atoms. The fourth-order valence-corrected chi connectivity index (χ4v) is 3.16. The second kappa shape index (κ2) is 4.92. The summed E-state index contributed by atoms with van der Waals surface area (Å²) in [6.07, 6.45) is 1.29. The summed E-state index contributed by atoms with van der Waals surface area (Å²) in [7, 11) is 0. The molecule has 0 aromatic heterocycles. The average molecular weight is 286 g/mol. The van der Waals surface area contributed by atoms with Crippen LogP contribution in [0.3, 0.4) is 0 Å². The maximum atomic E-state index is 14.2. The lowest BCUT2D eigenvalue weighted by Gasteiger charge is -2.43. The van der Waals surface area contributed by atoms with Crippen molar-refractivity contribution in [1.82, 2.24) is 0 Å². The van der Waals surface area contributed by atoms with E-state index in [1.54, 1.807) is 12.1 Å². The summed E-state index contributed by atoms with van der Waals surface area (Å²) in [4.78, 5) is 0. The highest BCUT2D eigenvalue weighted by Crippen LogP contribution is 2.53. The van der Waals surface area contributed by atoms with Crippen LogP contribution in [0.4, 0.5) is 4.39 Å². The predicted molar refractivity (Wildman–Crippen MR) is 77.1 cm³/mol. The number of nitriles is 1. The van der Waals surface area contributed by atoms with Gasteiger partial charge in [0, 0.05) is 5.56 Å². The first-order valence-electron chi connectivity index (χ1n) is 6.57. The van der Waals surface area contributed by atoms with Crippen LogP contribution in [0.25, 0.3) is 0 Å². The van der Waals surface area contributed by atoms with Gasteiger partial charge in [-0.2, -0.15) is 5.26 Å². The maximum Gasteiger partial charge on any atom is 0.146 e. The SMILES string of the molecule is N#CC1(c2cccc(Cl)c2F)CC(c2ccccc2)C1. The lowest BCUT2D eigenvalue weighted by molar-refractivity contribution is 0.262. The highest BCUT2D eigenvalue weighted by molar-refractivity contribution is 6.30. The van der Waals surface area contributed by atoms with Crippen molar-refractivity contribution < 1.29 is 4.39 Å². The summed E-state index contributed by atoms with van der Waals surface area (Å²) in [6, 6.07) is 17.2. The fraction of sp³-hybridized carbons (Fsp3) is 0.235. The first-order valence-corrected chi connectivity index (χ1v) is 6.95. The Kier molecular flexibility index (Phi) is 3.23. The molecule has 3 heteroatoms. The topological polar surface area (TPSA) is 23.8 Å². The van der Waals surface area contributed by atoms with Gasteiger partial charge in [-0.1, -0.05) is 54.1 Å². The molecule has 1 fully saturated rings. The van der Waals surface area contributed by atoms with E-state index in [4.69, 9.17) is 11.6 Å². The van der Waals surface area contributed by atoms with Crippen LogP contribution in [-0.4, -0.2) is 0 Å². The van der Waals surface area contributed by atoms with Crippen LogP contribution in [0.15, 0.2) is 48.5 Å². The van der Waals surface area contributed by atoms with Gasteiger partial charge in [0.1, 0.15) is 5.82 Å². The zero-order valence-electron chi connectivity index (χ0n) is 10.8. The van der Waals surface area contributed by atoms with E-state index in [-0.39, 0.29) is 5.02 Å². The molecule has 0 saturated heterocycles. The highest BCUT2D eigenvalue weighted by Gasteiger charge is 2.48. The van der Waals surface area contributed by atoms with Crippen molar-refractivity contribution in [2.45, 2.75) is 24.2 Å². The minimum absolute atomic E-state index is 0.0836. The number of hydrogen-bond donors (Lipinski definition) is 0. The molecule has 2 aromatic carbocycles. The number of hydrogen-bond acceptors (Lipinski definition) is 1. The van der Waals surface area contributed by atoms with Gasteiger partial charge in [-0.15, -0.1) is 0 Å². The summed E-state index contributed by atoms with van der Waals surface area (Å²) >= 11 is 5.83. The van der Waals surface area contributed by atoms with Crippen molar-refractivity contribution in [3.05, 3.63) is 70.5 Å². The zero-order chi connectivity index (χ0) is 14.2. The van der Waals surface area contributed by atoms with Crippen LogP contribution in [0, 0.1) is 17.1 Å². The third-order valence-corrected chi connectivity index (χ3v) is 4.43. The van der Waals surface area contributed by atoms with Gasteiger partial charge in [0.15, 0.2) is 0 Å². The van der Waals surface area contributed by atoms with E-state index in [9.17, 15) is 9.65 Å². The van der Waals surface area contributed by atoms with E-state index in [0.717, 1.165) is 0 Å². The van der Waals surface area contributed by atoms with Gasteiger partial charge in [0.25, 0.3) is 0 Å². The molecule has 0 radical (unpaired) electrons. The predicted octanol–water partition coefficient (Wildman–Crippen LogP) is 4.82. The van der Waals surface area contributed by atoms with Gasteiger partial charge in [-0.05, 0) is 30.4 Å². The van der Waals surface area contributed by atoms with Gasteiger partial charge in [0.2, 0.25) is 0 Å². The van der Waals surface area contributed by atoms with Crippen molar-refractivity contribution in [2.75, 3.05) is 0 Å². The zero-order valence-corrected chi connectivity index (χ0v) is 11.6. The summed E-state index contributed by atoms with van der Waals surface area (Å²) in [5.74, 6) is -0.142. The third-order valence-electron chi connectivity index (χ3n) is 4.14. The average Bonchev–Trinajstić information content (AvgIpc) is 2.44. The molecular weight excluding hydrogens is 273 g/mol. The number of nitrogens with zero attached hydrogens (tertiary/aromatic N) is 1. The molecule has 0 unspecified atom stereocenters. The number of halogens is 2. The van der Waals surface area contributed by atoms with Crippen LogP contribution in [-0.2, 0) is 5.41 Å². The molecule has 0 aliphatic heterocycles. The largest absolute Gasteiger partial charge is 0.205 e. The Morgan fingerprint density at radius 3 is 2.45 bits per heavy atom. The summed E-state index contributed by atoms with van der Waals surface area (Å²) < 4.78 is 14.2. The van der Waals surface area contributed by atoms with Gasteiger partial charge >= 0.3 is 0 Å². The number of benzene rings is 2. The Labute approximate surface area is 122 Å². The standard InChI is InChI=1S/C17H13ClFN/c18-15-8-4-7-14(16(15)19)17(11-20)9-13(10-17)12-5-2-1-3-6-12/h1-8,13H,9-10H2. The minimum atomic E-state index is -0.741. The Morgan fingerprint density at radius 1 is 1.10 bits per heavy atom. The maximum absolute atomic E-state index is 14.2. The molecule has 3 rings (SSSR count). The van der Waals surface area contributed by atoms with E-state index < -0.39 is 11.2 Å². The summed E-state index contributed by atoms with van der Waals surface area (Å²) in [6.45, 7) is 0. The van der Waals surface area contributed by atoms with E-state index in [1.165, 1.54) is 11.6 Å². The van der Waals surface area contributed by atoms with Gasteiger partial charge in [-0.25, -0.2) is 4.39 Å². The highest BCUT2D eigenvalue weighted by atomic mass is 35.5. The molecule has 1 aliphatic carbocycles. The molecule has 100 valence electrons. The first kappa shape index (κ1) is 13.1. The normalized spacial score (nSPS) is 24.8. The van der Waals surface area contributed by atoms with Crippen molar-refractivity contribution in [1.29, 1.82) is 5.26 Å². The lowest BCUT2D eigenvalue weighted by Crippen LogP contribution is -2.39. The number of rotatable bonds is 2. The Hall–Kier alpha value is -1.85. The van der Waals surface area contributed by atoms with Crippen LogP contribution >= 0.6 is 11.6 Å². The second-order valence-corrected chi connectivity index (χ2v) is 5.72. The van der Waals surface area contributed by atoms with Crippen LogP contribution in [0.5, 0.6) is 0 Å².